The van der Waals surface area contributed by atoms with Gasteiger partial charge in [-0.3, -0.25) is 4.79 Å². The van der Waals surface area contributed by atoms with Crippen molar-refractivity contribution in [2.24, 2.45) is 0 Å². The van der Waals surface area contributed by atoms with Crippen LogP contribution in [0.3, 0.4) is 0 Å². The minimum absolute atomic E-state index is 0.0457. The van der Waals surface area contributed by atoms with Crippen molar-refractivity contribution >= 4 is 23.4 Å². The van der Waals surface area contributed by atoms with Crippen LogP contribution in [-0.2, 0) is 9.53 Å². The summed E-state index contributed by atoms with van der Waals surface area (Å²) in [5.74, 6) is 2.67. The molecule has 0 radical (unpaired) electrons. The Bertz CT molecular complexity index is 704. The normalized spacial score (nSPS) is 16.4. The number of hydrogen-bond donors (Lipinski definition) is 3. The molecular weight excluding hydrogens is 320 g/mol. The molecule has 0 aliphatic carbocycles. The molecule has 0 saturated carbocycles. The number of aryl methyl sites for hydroxylation is 1. The smallest absolute Gasteiger partial charge is 0.249 e. The summed E-state index contributed by atoms with van der Waals surface area (Å²) in [5.41, 5.74) is 0. The van der Waals surface area contributed by atoms with E-state index in [1.807, 2.05) is 31.2 Å². The molecule has 8 nitrogen and oxygen atoms in total. The molecule has 1 fully saturated rings. The molecule has 1 aliphatic rings. The van der Waals surface area contributed by atoms with Crippen LogP contribution in [0, 0.1) is 6.92 Å². The zero-order valence-electron chi connectivity index (χ0n) is 14.2. The van der Waals surface area contributed by atoms with Gasteiger partial charge in [0.2, 0.25) is 5.91 Å². The van der Waals surface area contributed by atoms with Crippen molar-refractivity contribution < 1.29 is 9.53 Å². The number of pyridine rings is 1. The van der Waals surface area contributed by atoms with Crippen molar-refractivity contribution in [3.63, 3.8) is 0 Å². The van der Waals surface area contributed by atoms with E-state index < -0.39 is 0 Å². The summed E-state index contributed by atoms with van der Waals surface area (Å²) in [5, 5.41) is 9.20. The molecular formula is C17H22N6O2. The second kappa shape index (κ2) is 8.39. The molecule has 0 aromatic carbocycles. The largest absolute Gasteiger partial charge is 0.368 e. The number of ether oxygens (including phenoxy) is 1. The van der Waals surface area contributed by atoms with E-state index in [0.29, 0.717) is 37.2 Å². The number of anilines is 3. The minimum atomic E-state index is -0.296. The lowest BCUT2D eigenvalue weighted by Crippen LogP contribution is -2.36. The highest BCUT2D eigenvalue weighted by Crippen LogP contribution is 2.15. The molecule has 8 heteroatoms. The summed E-state index contributed by atoms with van der Waals surface area (Å²) in [6.07, 6.45) is 3.16. The van der Waals surface area contributed by atoms with E-state index in [4.69, 9.17) is 4.74 Å². The number of carbonyl (C=O) groups is 1. The first-order valence-corrected chi connectivity index (χ1v) is 8.37. The van der Waals surface area contributed by atoms with Crippen LogP contribution in [0.1, 0.15) is 18.7 Å². The zero-order valence-corrected chi connectivity index (χ0v) is 14.2. The van der Waals surface area contributed by atoms with E-state index in [-0.39, 0.29) is 12.0 Å². The van der Waals surface area contributed by atoms with Crippen molar-refractivity contribution in [3.05, 3.63) is 36.3 Å². The van der Waals surface area contributed by atoms with Crippen molar-refractivity contribution in [1.82, 2.24) is 20.3 Å². The summed E-state index contributed by atoms with van der Waals surface area (Å²) in [4.78, 5) is 24.8. The maximum atomic E-state index is 11.9. The molecule has 3 rings (SSSR count). The Morgan fingerprint density at radius 2 is 2.12 bits per heavy atom. The molecule has 1 atom stereocenters. The highest BCUT2D eigenvalue weighted by Gasteiger charge is 2.22. The van der Waals surface area contributed by atoms with Crippen molar-refractivity contribution in [3.8, 4) is 0 Å². The molecule has 1 amide bonds. The van der Waals surface area contributed by atoms with E-state index in [9.17, 15) is 4.79 Å². The molecule has 0 unspecified atom stereocenters. The van der Waals surface area contributed by atoms with Gasteiger partial charge in [-0.1, -0.05) is 6.07 Å². The summed E-state index contributed by atoms with van der Waals surface area (Å²) in [6, 6.07) is 7.43. The monoisotopic (exact) mass is 342 g/mol. The second-order valence-corrected chi connectivity index (χ2v) is 5.75. The molecule has 0 spiro atoms. The Hall–Kier alpha value is -2.74. The average Bonchev–Trinajstić information content (AvgIpc) is 3.14. The number of nitrogens with zero attached hydrogens (tertiary/aromatic N) is 3. The molecule has 1 saturated heterocycles. The van der Waals surface area contributed by atoms with Crippen molar-refractivity contribution in [1.29, 1.82) is 0 Å². The van der Waals surface area contributed by atoms with Gasteiger partial charge in [0.1, 0.15) is 29.4 Å². The highest BCUT2D eigenvalue weighted by molar-refractivity contribution is 5.80. The summed E-state index contributed by atoms with van der Waals surface area (Å²) in [7, 11) is 0. The predicted octanol–water partition coefficient (Wildman–Crippen LogP) is 1.63. The third-order valence-electron chi connectivity index (χ3n) is 3.71. The van der Waals surface area contributed by atoms with Crippen molar-refractivity contribution in [2.75, 3.05) is 30.3 Å². The number of nitrogens with one attached hydrogen (secondary N) is 3. The Kier molecular flexibility index (Phi) is 5.73. The number of hydrogen-bond acceptors (Lipinski definition) is 7. The van der Waals surface area contributed by atoms with Gasteiger partial charge in [0.15, 0.2) is 0 Å². The fourth-order valence-electron chi connectivity index (χ4n) is 2.56. The van der Waals surface area contributed by atoms with Crippen LogP contribution in [0.2, 0.25) is 0 Å². The molecule has 0 bridgehead atoms. The van der Waals surface area contributed by atoms with E-state index in [2.05, 4.69) is 30.9 Å². The van der Waals surface area contributed by atoms with E-state index >= 15 is 0 Å². The molecule has 3 heterocycles. The summed E-state index contributed by atoms with van der Waals surface area (Å²) < 4.78 is 5.35. The number of carbonyl (C=O) groups excluding carboxylic acids is 1. The third-order valence-corrected chi connectivity index (χ3v) is 3.71. The van der Waals surface area contributed by atoms with Gasteiger partial charge >= 0.3 is 0 Å². The quantitative estimate of drug-likeness (QED) is 0.657. The Balaban J connectivity index is 1.49. The van der Waals surface area contributed by atoms with Crippen molar-refractivity contribution in [2.45, 2.75) is 25.9 Å². The first kappa shape index (κ1) is 17.1. The number of aromatic nitrogens is 3. The van der Waals surface area contributed by atoms with Crippen LogP contribution in [0.5, 0.6) is 0 Å². The number of amides is 1. The minimum Gasteiger partial charge on any atom is -0.368 e. The van der Waals surface area contributed by atoms with E-state index in [1.54, 1.807) is 6.20 Å². The van der Waals surface area contributed by atoms with Gasteiger partial charge in [0.05, 0.1) is 0 Å². The van der Waals surface area contributed by atoms with Gasteiger partial charge in [-0.15, -0.1) is 0 Å². The first-order chi connectivity index (χ1) is 12.2. The fraction of sp³-hybridized carbons (Fsp3) is 0.412. The maximum Gasteiger partial charge on any atom is 0.249 e. The molecule has 2 aromatic rings. The molecule has 132 valence electrons. The SMILES string of the molecule is Cc1nc(NCCNC(=O)[C@H]2CCCO2)cc(Nc2ccccn2)n1. The van der Waals surface area contributed by atoms with Crippen LogP contribution in [0.15, 0.2) is 30.5 Å². The molecule has 3 N–H and O–H groups in total. The first-order valence-electron chi connectivity index (χ1n) is 8.37. The van der Waals surface area contributed by atoms with Crippen LogP contribution < -0.4 is 16.0 Å². The van der Waals surface area contributed by atoms with Gasteiger partial charge in [0.25, 0.3) is 0 Å². The van der Waals surface area contributed by atoms with E-state index in [0.717, 1.165) is 18.7 Å². The topological polar surface area (TPSA) is 101 Å². The maximum absolute atomic E-state index is 11.9. The van der Waals surface area contributed by atoms with Gasteiger partial charge in [0, 0.05) is 32.0 Å². The standard InChI is InChI=1S/C17H22N6O2/c1-12-21-15(11-16(22-12)23-14-6-2-3-7-18-14)19-8-9-20-17(24)13-5-4-10-25-13/h2-3,6-7,11,13H,4-5,8-10H2,1H3,(H,20,24)(H2,18,19,21,22,23)/t13-/m1/s1. The summed E-state index contributed by atoms with van der Waals surface area (Å²) >= 11 is 0. The van der Waals surface area contributed by atoms with Gasteiger partial charge in [-0.2, -0.15) is 0 Å². The van der Waals surface area contributed by atoms with Gasteiger partial charge in [-0.05, 0) is 31.9 Å². The van der Waals surface area contributed by atoms with Crippen LogP contribution in [0.25, 0.3) is 0 Å². The molecule has 2 aromatic heterocycles. The Labute approximate surface area is 146 Å². The van der Waals surface area contributed by atoms with Crippen LogP contribution >= 0.6 is 0 Å². The lowest BCUT2D eigenvalue weighted by atomic mass is 10.2. The van der Waals surface area contributed by atoms with Gasteiger partial charge in [-0.25, -0.2) is 15.0 Å². The average molecular weight is 342 g/mol. The fourth-order valence-corrected chi connectivity index (χ4v) is 2.56. The molecule has 25 heavy (non-hydrogen) atoms. The lowest BCUT2D eigenvalue weighted by molar-refractivity contribution is -0.129. The number of rotatable bonds is 7. The Morgan fingerprint density at radius 1 is 1.24 bits per heavy atom. The Morgan fingerprint density at radius 3 is 2.88 bits per heavy atom. The summed E-state index contributed by atoms with van der Waals surface area (Å²) in [6.45, 7) is 3.57. The highest BCUT2D eigenvalue weighted by atomic mass is 16.5. The molecule has 1 aliphatic heterocycles. The van der Waals surface area contributed by atoms with Gasteiger partial charge < -0.3 is 20.7 Å². The predicted molar refractivity (Wildman–Crippen MR) is 94.8 cm³/mol. The zero-order chi connectivity index (χ0) is 17.5. The lowest BCUT2D eigenvalue weighted by Gasteiger charge is -2.12. The van der Waals surface area contributed by atoms with Crippen LogP contribution in [-0.4, -0.2) is 46.7 Å². The second-order valence-electron chi connectivity index (χ2n) is 5.75. The van der Waals surface area contributed by atoms with Crippen LogP contribution in [0.4, 0.5) is 17.5 Å². The van der Waals surface area contributed by atoms with E-state index in [1.165, 1.54) is 0 Å². The third kappa shape index (κ3) is 5.12.